The summed E-state index contributed by atoms with van der Waals surface area (Å²) in [6.45, 7) is 2.73. The van der Waals surface area contributed by atoms with E-state index >= 15 is 0 Å². The van der Waals surface area contributed by atoms with E-state index in [4.69, 9.17) is 4.42 Å². The largest absolute Gasteiger partial charge is 0.464 e. The number of furan rings is 1. The number of carbonyl (C=O) groups excluding carboxylic acids is 1. The molecule has 0 spiro atoms. The highest BCUT2D eigenvalue weighted by molar-refractivity contribution is 7.91. The van der Waals surface area contributed by atoms with Gasteiger partial charge in [-0.3, -0.25) is 4.79 Å². The monoisotopic (exact) mass is 529 g/mol. The first-order valence-corrected chi connectivity index (χ1v) is 14.3. The van der Waals surface area contributed by atoms with Crippen LogP contribution in [0.5, 0.6) is 0 Å². The van der Waals surface area contributed by atoms with Crippen LogP contribution in [0.2, 0.25) is 0 Å². The molecule has 2 heterocycles. The lowest BCUT2D eigenvalue weighted by Gasteiger charge is -2.39. The number of fused-ring (bicyclic) bond motifs is 1. The van der Waals surface area contributed by atoms with Crippen LogP contribution >= 0.6 is 0 Å². The summed E-state index contributed by atoms with van der Waals surface area (Å²) in [5.41, 5.74) is 2.64. The minimum Gasteiger partial charge on any atom is -0.464 e. The van der Waals surface area contributed by atoms with Gasteiger partial charge in [-0.2, -0.15) is 0 Å². The van der Waals surface area contributed by atoms with E-state index in [0.29, 0.717) is 24.3 Å². The molecule has 1 aliphatic heterocycles. The van der Waals surface area contributed by atoms with Crippen LogP contribution in [0, 0.1) is 6.92 Å². The Morgan fingerprint density at radius 3 is 2.57 bits per heavy atom. The van der Waals surface area contributed by atoms with Crippen LogP contribution < -0.4 is 0 Å². The van der Waals surface area contributed by atoms with E-state index in [-0.39, 0.29) is 44.2 Å². The smallest absolute Gasteiger partial charge is 0.248 e. The quantitative estimate of drug-likeness (QED) is 0.383. The van der Waals surface area contributed by atoms with Gasteiger partial charge < -0.3 is 9.32 Å². The van der Waals surface area contributed by atoms with Gasteiger partial charge in [-0.1, -0.05) is 29.8 Å². The van der Waals surface area contributed by atoms with Crippen LogP contribution in [0.1, 0.15) is 49.7 Å². The van der Waals surface area contributed by atoms with Crippen molar-refractivity contribution in [3.63, 3.8) is 0 Å². The molecule has 2 aromatic carbocycles. The van der Waals surface area contributed by atoms with E-state index < -0.39 is 21.9 Å². The molecule has 1 saturated heterocycles. The second-order valence-corrected chi connectivity index (χ2v) is 12.4. The van der Waals surface area contributed by atoms with E-state index in [2.05, 4.69) is 4.36 Å². The fourth-order valence-corrected chi connectivity index (χ4v) is 7.65. The van der Waals surface area contributed by atoms with Gasteiger partial charge in [0.2, 0.25) is 11.8 Å². The molecule has 6 nitrogen and oxygen atoms in total. The summed E-state index contributed by atoms with van der Waals surface area (Å²) in [5, 5.41) is 0.961. The number of aryl methyl sites for hydroxylation is 1. The van der Waals surface area contributed by atoms with Gasteiger partial charge in [0.05, 0.1) is 11.2 Å². The summed E-state index contributed by atoms with van der Waals surface area (Å²) in [6.07, 6.45) is 2.87. The zero-order chi connectivity index (χ0) is 26.2. The fourth-order valence-electron chi connectivity index (χ4n) is 5.55. The molecule has 5 rings (SSSR count). The Hall–Kier alpha value is -2.78. The molecular formula is C28H33F2N3O3S. The normalized spacial score (nSPS) is 22.1. The average molecular weight is 530 g/mol. The Balaban J connectivity index is 1.47. The maximum Gasteiger partial charge on any atom is 0.248 e. The summed E-state index contributed by atoms with van der Waals surface area (Å²) >= 11 is 0. The molecule has 0 bridgehead atoms. The number of benzene rings is 2. The molecule has 198 valence electrons. The van der Waals surface area contributed by atoms with Gasteiger partial charge in [-0.05, 0) is 62.4 Å². The molecular weight excluding hydrogens is 496 g/mol. The van der Waals surface area contributed by atoms with Gasteiger partial charge in [-0.15, -0.1) is 0 Å². The van der Waals surface area contributed by atoms with Crippen molar-refractivity contribution in [1.82, 2.24) is 9.21 Å². The number of halogens is 2. The van der Waals surface area contributed by atoms with Crippen molar-refractivity contribution >= 4 is 26.8 Å². The van der Waals surface area contributed by atoms with Gasteiger partial charge in [0.25, 0.3) is 0 Å². The Kier molecular flexibility index (Phi) is 7.11. The maximum absolute atomic E-state index is 14.2. The zero-order valence-corrected chi connectivity index (χ0v) is 22.1. The van der Waals surface area contributed by atoms with Crippen molar-refractivity contribution in [3.05, 3.63) is 65.9 Å². The molecule has 1 aliphatic carbocycles. The molecule has 2 aliphatic rings. The Labute approximate surface area is 216 Å². The highest BCUT2D eigenvalue weighted by Gasteiger charge is 2.44. The minimum absolute atomic E-state index is 0.171. The first kappa shape index (κ1) is 25.9. The number of nitrogens with zero attached hydrogens (tertiary/aromatic N) is 3. The highest BCUT2D eigenvalue weighted by Crippen LogP contribution is 2.37. The van der Waals surface area contributed by atoms with Gasteiger partial charge in [0.15, 0.2) is 0 Å². The molecule has 0 radical (unpaired) electrons. The second-order valence-electron chi connectivity index (χ2n) is 10.1. The number of hydrogen-bond donors (Lipinski definition) is 0. The number of amides is 1. The van der Waals surface area contributed by atoms with Gasteiger partial charge in [0.1, 0.15) is 21.5 Å². The molecule has 1 amide bonds. The van der Waals surface area contributed by atoms with Crippen LogP contribution in [0.25, 0.3) is 11.0 Å². The van der Waals surface area contributed by atoms with Crippen molar-refractivity contribution in [2.24, 2.45) is 4.36 Å². The lowest BCUT2D eigenvalue weighted by atomic mass is 9.90. The predicted octanol–water partition coefficient (Wildman–Crippen LogP) is 6.18. The zero-order valence-electron chi connectivity index (χ0n) is 21.2. The van der Waals surface area contributed by atoms with Crippen LogP contribution in [-0.2, 0) is 21.3 Å². The molecule has 0 unspecified atom stereocenters. The average Bonchev–Trinajstić information content (AvgIpc) is 3.57. The predicted molar refractivity (Wildman–Crippen MR) is 140 cm³/mol. The maximum atomic E-state index is 14.2. The molecule has 9 heteroatoms. The van der Waals surface area contributed by atoms with Crippen LogP contribution in [0.3, 0.4) is 0 Å². The molecule has 37 heavy (non-hydrogen) atoms. The lowest BCUT2D eigenvalue weighted by molar-refractivity contribution is -0.141. The van der Waals surface area contributed by atoms with E-state index in [1.54, 1.807) is 15.5 Å². The van der Waals surface area contributed by atoms with Crippen molar-refractivity contribution < 1.29 is 22.2 Å². The number of carbonyl (C=O) groups is 1. The van der Waals surface area contributed by atoms with E-state index in [0.717, 1.165) is 22.1 Å². The summed E-state index contributed by atoms with van der Waals surface area (Å²) in [6, 6.07) is 14.1. The van der Waals surface area contributed by atoms with Crippen LogP contribution in [-0.4, -0.2) is 50.9 Å². The lowest BCUT2D eigenvalue weighted by Crippen LogP contribution is -2.52. The summed E-state index contributed by atoms with van der Waals surface area (Å²) < 4.78 is 53.8. The number of hydrogen-bond acceptors (Lipinski definition) is 4. The Morgan fingerprint density at radius 1 is 1.14 bits per heavy atom. The third-order valence-electron chi connectivity index (χ3n) is 7.67. The van der Waals surface area contributed by atoms with Crippen molar-refractivity contribution in [2.75, 3.05) is 13.6 Å². The SMILES string of the molecule is CN=[S@](=O)(c1ccc(C)cc1)N1CCC[C@H]1C(=O)N(Cc1ccc2ccoc2c1)C1CCC(F)(F)CC1. The van der Waals surface area contributed by atoms with Crippen molar-refractivity contribution in [2.45, 2.75) is 74.9 Å². The van der Waals surface area contributed by atoms with Crippen molar-refractivity contribution in [3.8, 4) is 0 Å². The number of alkyl halides is 2. The molecule has 1 saturated carbocycles. The van der Waals surface area contributed by atoms with Crippen LogP contribution in [0.15, 0.2) is 68.5 Å². The van der Waals surface area contributed by atoms with Gasteiger partial charge in [-0.25, -0.2) is 21.7 Å². The van der Waals surface area contributed by atoms with Gasteiger partial charge >= 0.3 is 0 Å². The molecule has 3 aromatic rings. The third kappa shape index (κ3) is 5.16. The summed E-state index contributed by atoms with van der Waals surface area (Å²) in [5.74, 6) is -2.87. The fraction of sp³-hybridized carbons (Fsp3) is 0.464. The van der Waals surface area contributed by atoms with Crippen LogP contribution in [0.4, 0.5) is 8.78 Å². The summed E-state index contributed by atoms with van der Waals surface area (Å²) in [4.78, 5) is 16.5. The second kappa shape index (κ2) is 10.2. The van der Waals surface area contributed by atoms with E-state index in [1.165, 1.54) is 7.05 Å². The standard InChI is InChI=1S/C28H33F2N3O3S/c1-20-5-9-24(10-6-20)37(35,31-2)33-16-3-4-25(33)27(34)32(23-11-14-28(29,30)15-12-23)19-21-7-8-22-13-17-36-26(22)18-21/h5-10,13,17-18,23,25H,3-4,11-12,14-16,19H2,1-2H3/t25-,37+/m0/s1. The molecule has 1 aromatic heterocycles. The third-order valence-corrected chi connectivity index (χ3v) is 10.1. The number of rotatable bonds is 6. The van der Waals surface area contributed by atoms with E-state index in [1.807, 2.05) is 55.5 Å². The van der Waals surface area contributed by atoms with Crippen molar-refractivity contribution in [1.29, 1.82) is 0 Å². The first-order valence-electron chi connectivity index (χ1n) is 12.8. The van der Waals surface area contributed by atoms with Gasteiger partial charge in [0, 0.05) is 44.4 Å². The molecule has 2 fully saturated rings. The highest BCUT2D eigenvalue weighted by atomic mass is 32.2. The minimum atomic E-state index is -3.00. The Bertz CT molecular complexity index is 1390. The topological polar surface area (TPSA) is 66.1 Å². The van der Waals surface area contributed by atoms with E-state index in [9.17, 15) is 17.8 Å². The Morgan fingerprint density at radius 2 is 1.86 bits per heavy atom. The summed E-state index contributed by atoms with van der Waals surface area (Å²) in [7, 11) is -1.47. The first-order chi connectivity index (χ1) is 17.7. The molecule has 0 N–H and O–H groups in total. The molecule has 2 atom stereocenters.